The van der Waals surface area contributed by atoms with Crippen LogP contribution < -0.4 is 11.3 Å². The van der Waals surface area contributed by atoms with Gasteiger partial charge in [0.05, 0.1) is 15.8 Å². The molecule has 1 aromatic heterocycles. The summed E-state index contributed by atoms with van der Waals surface area (Å²) in [5, 5.41) is 0.711. The molecule has 0 aliphatic carbocycles. The van der Waals surface area contributed by atoms with Crippen LogP contribution in [-0.4, -0.2) is 3.96 Å². The summed E-state index contributed by atoms with van der Waals surface area (Å²) in [7, 11) is 1.74. The lowest BCUT2D eigenvalue weighted by Crippen LogP contribution is -2.07. The van der Waals surface area contributed by atoms with E-state index < -0.39 is 0 Å². The SMILES string of the molecule is Cn1sc2c(N)cccc2c1=O. The van der Waals surface area contributed by atoms with Gasteiger partial charge in [-0.2, -0.15) is 0 Å². The second-order valence-corrected chi connectivity index (χ2v) is 3.76. The van der Waals surface area contributed by atoms with E-state index >= 15 is 0 Å². The van der Waals surface area contributed by atoms with Crippen molar-refractivity contribution in [3.63, 3.8) is 0 Å². The molecule has 2 N–H and O–H groups in total. The first-order chi connectivity index (χ1) is 5.70. The van der Waals surface area contributed by atoms with Crippen LogP contribution in [0.2, 0.25) is 0 Å². The Balaban J connectivity index is 3.05. The number of rotatable bonds is 0. The van der Waals surface area contributed by atoms with Gasteiger partial charge in [-0.15, -0.1) is 0 Å². The highest BCUT2D eigenvalue weighted by Gasteiger charge is 2.05. The molecule has 0 amide bonds. The van der Waals surface area contributed by atoms with Gasteiger partial charge in [0, 0.05) is 7.05 Å². The van der Waals surface area contributed by atoms with E-state index in [1.165, 1.54) is 11.5 Å². The average molecular weight is 180 g/mol. The van der Waals surface area contributed by atoms with Crippen LogP contribution in [0, 0.1) is 0 Å². The maximum Gasteiger partial charge on any atom is 0.268 e. The maximum absolute atomic E-state index is 11.4. The summed E-state index contributed by atoms with van der Waals surface area (Å²) >= 11 is 1.38. The summed E-state index contributed by atoms with van der Waals surface area (Å²) < 4.78 is 2.46. The lowest BCUT2D eigenvalue weighted by Gasteiger charge is -1.90. The van der Waals surface area contributed by atoms with E-state index in [0.717, 1.165) is 4.70 Å². The van der Waals surface area contributed by atoms with Gasteiger partial charge < -0.3 is 5.73 Å². The van der Waals surface area contributed by atoms with Gasteiger partial charge in [-0.25, -0.2) is 0 Å². The lowest BCUT2D eigenvalue weighted by molar-refractivity contribution is 0.989. The van der Waals surface area contributed by atoms with Gasteiger partial charge in [0.25, 0.3) is 5.56 Å². The van der Waals surface area contributed by atoms with Crippen molar-refractivity contribution in [1.29, 1.82) is 0 Å². The first kappa shape index (κ1) is 7.36. The minimum absolute atomic E-state index is 0.0299. The Morgan fingerprint density at radius 2 is 2.25 bits per heavy atom. The quantitative estimate of drug-likeness (QED) is 0.619. The largest absolute Gasteiger partial charge is 0.398 e. The molecule has 0 fully saturated rings. The molecular weight excluding hydrogens is 172 g/mol. The molecule has 0 spiro atoms. The van der Waals surface area contributed by atoms with E-state index in [1.54, 1.807) is 29.2 Å². The third-order valence-corrected chi connectivity index (χ3v) is 2.87. The molecule has 2 aromatic rings. The summed E-state index contributed by atoms with van der Waals surface area (Å²) in [6.07, 6.45) is 0. The van der Waals surface area contributed by atoms with Crippen LogP contribution in [-0.2, 0) is 7.05 Å². The number of nitrogen functional groups attached to an aromatic ring is 1. The molecule has 2 rings (SSSR count). The molecule has 0 saturated heterocycles. The number of nitrogens with zero attached hydrogens (tertiary/aromatic N) is 1. The summed E-state index contributed by atoms with van der Waals surface area (Å²) in [6.45, 7) is 0. The normalized spacial score (nSPS) is 10.8. The van der Waals surface area contributed by atoms with Gasteiger partial charge >= 0.3 is 0 Å². The molecule has 1 heterocycles. The van der Waals surface area contributed by atoms with Crippen LogP contribution in [0.15, 0.2) is 23.0 Å². The number of hydrogen-bond acceptors (Lipinski definition) is 3. The standard InChI is InChI=1S/C8H8N2OS/c1-10-8(11)5-3-2-4-6(9)7(5)12-10/h2-4H,9H2,1H3. The molecule has 0 unspecified atom stereocenters. The molecule has 62 valence electrons. The van der Waals surface area contributed by atoms with Crippen LogP contribution in [0.3, 0.4) is 0 Å². The fourth-order valence-corrected chi connectivity index (χ4v) is 2.06. The number of nitrogens with two attached hydrogens (primary N) is 1. The Morgan fingerprint density at radius 3 is 2.92 bits per heavy atom. The molecule has 3 nitrogen and oxygen atoms in total. The fourth-order valence-electron chi connectivity index (χ4n) is 1.17. The van der Waals surface area contributed by atoms with Crippen molar-refractivity contribution in [2.75, 3.05) is 5.73 Å². The first-order valence-electron chi connectivity index (χ1n) is 3.54. The van der Waals surface area contributed by atoms with Crippen LogP contribution in [0.25, 0.3) is 10.1 Å². The van der Waals surface area contributed by atoms with E-state index in [1.807, 2.05) is 0 Å². The Labute approximate surface area is 73.2 Å². The summed E-state index contributed by atoms with van der Waals surface area (Å²) in [6, 6.07) is 5.40. The fraction of sp³-hybridized carbons (Fsp3) is 0.125. The topological polar surface area (TPSA) is 48.0 Å². The third kappa shape index (κ3) is 0.848. The second-order valence-electron chi connectivity index (χ2n) is 2.62. The highest BCUT2D eigenvalue weighted by Crippen LogP contribution is 2.21. The lowest BCUT2D eigenvalue weighted by atomic mass is 10.2. The molecule has 0 saturated carbocycles. The van der Waals surface area contributed by atoms with Crippen molar-refractivity contribution in [2.45, 2.75) is 0 Å². The van der Waals surface area contributed by atoms with Gasteiger partial charge in [-0.3, -0.25) is 8.75 Å². The van der Waals surface area contributed by atoms with E-state index in [4.69, 9.17) is 5.73 Å². The predicted molar refractivity (Wildman–Crippen MR) is 51.5 cm³/mol. The van der Waals surface area contributed by atoms with Gasteiger partial charge in [0.2, 0.25) is 0 Å². The molecule has 1 aromatic carbocycles. The molecule has 0 aliphatic heterocycles. The molecule has 0 aliphatic rings. The number of anilines is 1. The number of hydrogen-bond donors (Lipinski definition) is 1. The zero-order valence-electron chi connectivity index (χ0n) is 6.57. The van der Waals surface area contributed by atoms with Crippen molar-refractivity contribution in [1.82, 2.24) is 3.96 Å². The van der Waals surface area contributed by atoms with E-state index in [0.29, 0.717) is 11.1 Å². The predicted octanol–water partition coefficient (Wildman–Crippen LogP) is 1.18. The molecule has 12 heavy (non-hydrogen) atoms. The Kier molecular flexibility index (Phi) is 1.44. The summed E-state index contributed by atoms with van der Waals surface area (Å²) in [5.41, 5.74) is 6.40. The Morgan fingerprint density at radius 1 is 1.50 bits per heavy atom. The smallest absolute Gasteiger partial charge is 0.268 e. The first-order valence-corrected chi connectivity index (χ1v) is 4.32. The molecule has 0 bridgehead atoms. The van der Waals surface area contributed by atoms with Crippen molar-refractivity contribution >= 4 is 27.3 Å². The Bertz CT molecular complexity index is 483. The number of aromatic nitrogens is 1. The van der Waals surface area contributed by atoms with Crippen molar-refractivity contribution in [3.8, 4) is 0 Å². The number of aryl methyl sites for hydroxylation is 1. The summed E-state index contributed by atoms with van der Waals surface area (Å²) in [5.74, 6) is 0. The zero-order valence-corrected chi connectivity index (χ0v) is 7.39. The minimum Gasteiger partial charge on any atom is -0.398 e. The van der Waals surface area contributed by atoms with Crippen molar-refractivity contribution in [3.05, 3.63) is 28.6 Å². The highest BCUT2D eigenvalue weighted by molar-refractivity contribution is 7.14. The van der Waals surface area contributed by atoms with Gasteiger partial charge in [0.1, 0.15) is 0 Å². The van der Waals surface area contributed by atoms with Crippen LogP contribution in [0.1, 0.15) is 0 Å². The molecule has 0 atom stereocenters. The van der Waals surface area contributed by atoms with Gasteiger partial charge in [-0.1, -0.05) is 17.6 Å². The van der Waals surface area contributed by atoms with Crippen molar-refractivity contribution < 1.29 is 0 Å². The monoisotopic (exact) mass is 180 g/mol. The summed E-state index contributed by atoms with van der Waals surface area (Å²) in [4.78, 5) is 11.4. The number of benzene rings is 1. The molecule has 0 radical (unpaired) electrons. The zero-order chi connectivity index (χ0) is 8.72. The molecular formula is C8H8N2OS. The molecule has 4 heteroatoms. The van der Waals surface area contributed by atoms with E-state index in [9.17, 15) is 4.79 Å². The second kappa shape index (κ2) is 2.35. The van der Waals surface area contributed by atoms with E-state index in [2.05, 4.69) is 0 Å². The average Bonchev–Trinajstić information content (AvgIpc) is 2.32. The maximum atomic E-state index is 11.4. The minimum atomic E-state index is 0.0299. The van der Waals surface area contributed by atoms with Gasteiger partial charge in [-0.05, 0) is 12.1 Å². The van der Waals surface area contributed by atoms with Gasteiger partial charge in [0.15, 0.2) is 0 Å². The highest BCUT2D eigenvalue weighted by atomic mass is 32.1. The van der Waals surface area contributed by atoms with Crippen LogP contribution >= 0.6 is 11.5 Å². The third-order valence-electron chi connectivity index (χ3n) is 1.79. The number of fused-ring (bicyclic) bond motifs is 1. The van der Waals surface area contributed by atoms with Crippen LogP contribution in [0.5, 0.6) is 0 Å². The van der Waals surface area contributed by atoms with Crippen molar-refractivity contribution in [2.24, 2.45) is 7.05 Å². The van der Waals surface area contributed by atoms with Crippen LogP contribution in [0.4, 0.5) is 5.69 Å². The van der Waals surface area contributed by atoms with E-state index in [-0.39, 0.29) is 5.56 Å². The Hall–Kier alpha value is -1.29.